The molecule has 1 saturated heterocycles. The Labute approximate surface area is 217 Å². The maximum Gasteiger partial charge on any atom is 0.0835 e. The summed E-state index contributed by atoms with van der Waals surface area (Å²) in [6.45, 7) is 4.29. The highest BCUT2D eigenvalue weighted by Crippen LogP contribution is 2.31. The van der Waals surface area contributed by atoms with Crippen LogP contribution in [0, 0.1) is 0 Å². The van der Waals surface area contributed by atoms with Crippen LogP contribution in [0.2, 0.25) is 0 Å². The molecule has 2 aliphatic rings. The third-order valence-corrected chi connectivity index (χ3v) is 7.87. The zero-order valence-electron chi connectivity index (χ0n) is 21.4. The second kappa shape index (κ2) is 12.6. The van der Waals surface area contributed by atoms with E-state index >= 15 is 0 Å². The molecule has 0 aromatic heterocycles. The van der Waals surface area contributed by atoms with Crippen molar-refractivity contribution in [3.8, 4) is 0 Å². The van der Waals surface area contributed by atoms with Gasteiger partial charge >= 0.3 is 0 Å². The van der Waals surface area contributed by atoms with Crippen molar-refractivity contribution in [1.82, 2.24) is 15.1 Å². The van der Waals surface area contributed by atoms with E-state index in [0.29, 0.717) is 18.6 Å². The van der Waals surface area contributed by atoms with Crippen LogP contribution in [0.25, 0.3) is 0 Å². The molecule has 0 bridgehead atoms. The van der Waals surface area contributed by atoms with Gasteiger partial charge in [0.05, 0.1) is 12.1 Å². The number of aliphatic hydroxyl groups excluding tert-OH is 1. The molecule has 0 radical (unpaired) electrons. The minimum Gasteiger partial charge on any atom is -0.390 e. The van der Waals surface area contributed by atoms with Crippen LogP contribution in [0.5, 0.6) is 0 Å². The lowest BCUT2D eigenvalue weighted by Crippen LogP contribution is -2.52. The monoisotopic (exact) mass is 483 g/mol. The number of hydrogen-bond donors (Lipinski definition) is 2. The molecule has 1 saturated carbocycles. The van der Waals surface area contributed by atoms with Crippen LogP contribution < -0.4 is 5.32 Å². The van der Waals surface area contributed by atoms with Crippen molar-refractivity contribution in [2.24, 2.45) is 0 Å². The molecule has 190 valence electrons. The van der Waals surface area contributed by atoms with Gasteiger partial charge < -0.3 is 10.4 Å². The molecule has 3 aromatic rings. The van der Waals surface area contributed by atoms with E-state index < -0.39 is 6.10 Å². The molecule has 36 heavy (non-hydrogen) atoms. The normalized spacial score (nSPS) is 21.8. The highest BCUT2D eigenvalue weighted by molar-refractivity contribution is 5.20. The number of aliphatic hydroxyl groups is 1. The van der Waals surface area contributed by atoms with Gasteiger partial charge in [0.25, 0.3) is 0 Å². The highest BCUT2D eigenvalue weighted by Gasteiger charge is 2.46. The van der Waals surface area contributed by atoms with Gasteiger partial charge in [-0.25, -0.2) is 0 Å². The zero-order chi connectivity index (χ0) is 24.6. The average molecular weight is 484 g/mol. The van der Waals surface area contributed by atoms with Gasteiger partial charge in [-0.2, -0.15) is 0 Å². The molecule has 2 N–H and O–H groups in total. The third-order valence-electron chi connectivity index (χ3n) is 7.87. The largest absolute Gasteiger partial charge is 0.390 e. The van der Waals surface area contributed by atoms with Crippen LogP contribution >= 0.6 is 0 Å². The van der Waals surface area contributed by atoms with Gasteiger partial charge in [0.1, 0.15) is 0 Å². The fraction of sp³-hybridized carbons (Fsp3) is 0.438. The van der Waals surface area contributed by atoms with Crippen molar-refractivity contribution in [2.45, 2.75) is 76.0 Å². The van der Waals surface area contributed by atoms with E-state index in [0.717, 1.165) is 26.2 Å². The number of benzene rings is 3. The maximum atomic E-state index is 11.7. The van der Waals surface area contributed by atoms with Crippen molar-refractivity contribution in [2.75, 3.05) is 13.1 Å². The van der Waals surface area contributed by atoms with E-state index in [4.69, 9.17) is 0 Å². The Morgan fingerprint density at radius 3 is 1.83 bits per heavy atom. The van der Waals surface area contributed by atoms with Gasteiger partial charge in [-0.3, -0.25) is 9.80 Å². The molecular formula is C32H41N3O. The number of nitrogens with zero attached hydrogens (tertiary/aromatic N) is 2. The molecule has 2 fully saturated rings. The molecular weight excluding hydrogens is 442 g/mol. The predicted molar refractivity (Wildman–Crippen MR) is 147 cm³/mol. The minimum absolute atomic E-state index is 0.0604. The number of hydrogen-bond acceptors (Lipinski definition) is 4. The van der Waals surface area contributed by atoms with Crippen LogP contribution in [-0.4, -0.2) is 52.2 Å². The first-order valence-electron chi connectivity index (χ1n) is 13.8. The predicted octanol–water partition coefficient (Wildman–Crippen LogP) is 5.23. The van der Waals surface area contributed by atoms with E-state index in [-0.39, 0.29) is 6.04 Å². The molecule has 0 amide bonds. The Morgan fingerprint density at radius 2 is 1.28 bits per heavy atom. The summed E-state index contributed by atoms with van der Waals surface area (Å²) in [7, 11) is 0. The van der Waals surface area contributed by atoms with E-state index in [1.165, 1.54) is 48.8 Å². The molecule has 4 nitrogen and oxygen atoms in total. The summed E-state index contributed by atoms with van der Waals surface area (Å²) >= 11 is 0. The molecule has 1 unspecified atom stereocenters. The molecule has 4 heteroatoms. The molecule has 1 heterocycles. The summed E-state index contributed by atoms with van der Waals surface area (Å²) < 4.78 is 0. The third kappa shape index (κ3) is 7.04. The van der Waals surface area contributed by atoms with E-state index in [2.05, 4.69) is 106 Å². The summed E-state index contributed by atoms with van der Waals surface area (Å²) in [5.74, 6) is 0. The Balaban J connectivity index is 1.36. The van der Waals surface area contributed by atoms with Crippen LogP contribution in [-0.2, 0) is 19.6 Å². The lowest BCUT2D eigenvalue weighted by molar-refractivity contribution is 0.0292. The first kappa shape index (κ1) is 25.2. The molecule has 1 aliphatic carbocycles. The summed E-state index contributed by atoms with van der Waals surface area (Å²) in [5, 5.41) is 15.5. The molecule has 4 atom stereocenters. The van der Waals surface area contributed by atoms with E-state index in [1.54, 1.807) is 0 Å². The van der Waals surface area contributed by atoms with Crippen LogP contribution in [0.4, 0.5) is 0 Å². The molecule has 3 aromatic carbocycles. The topological polar surface area (TPSA) is 38.5 Å². The summed E-state index contributed by atoms with van der Waals surface area (Å²) in [6.07, 6.45) is 6.00. The van der Waals surface area contributed by atoms with Crippen molar-refractivity contribution in [1.29, 1.82) is 0 Å². The average Bonchev–Trinajstić information content (AvgIpc) is 3.68. The standard InChI is InChI=1S/C32H41N3O/c36-31(21-33-29-19-11-4-12-20-29)32(30-25-34(30)22-26-13-5-1-6-14-26)35(23-27-15-7-2-8-16-27)24-28-17-9-3-10-18-28/h1-3,5-10,13-18,29-33,36H,4,11-12,19-25H2/t30-,31-,32+,34?/m0/s1. The van der Waals surface area contributed by atoms with Gasteiger partial charge in [0.2, 0.25) is 0 Å². The summed E-state index contributed by atoms with van der Waals surface area (Å²) in [4.78, 5) is 5.04. The van der Waals surface area contributed by atoms with Crippen LogP contribution in [0.15, 0.2) is 91.0 Å². The molecule has 1 aliphatic heterocycles. The lowest BCUT2D eigenvalue weighted by Gasteiger charge is -2.36. The van der Waals surface area contributed by atoms with Crippen molar-refractivity contribution in [3.05, 3.63) is 108 Å². The van der Waals surface area contributed by atoms with Gasteiger partial charge in [-0.1, -0.05) is 110 Å². The number of rotatable bonds is 12. The fourth-order valence-corrected chi connectivity index (χ4v) is 5.88. The van der Waals surface area contributed by atoms with Gasteiger partial charge in [-0.05, 0) is 29.5 Å². The highest BCUT2D eigenvalue weighted by atomic mass is 16.3. The molecule has 0 spiro atoms. The minimum atomic E-state index is -0.426. The first-order chi connectivity index (χ1) is 17.8. The van der Waals surface area contributed by atoms with E-state index in [9.17, 15) is 5.11 Å². The smallest absolute Gasteiger partial charge is 0.0835 e. The maximum absolute atomic E-state index is 11.7. The van der Waals surface area contributed by atoms with E-state index in [1.807, 2.05) is 0 Å². The van der Waals surface area contributed by atoms with Crippen molar-refractivity contribution >= 4 is 0 Å². The lowest BCUT2D eigenvalue weighted by atomic mass is 9.95. The Kier molecular flexibility index (Phi) is 8.84. The van der Waals surface area contributed by atoms with Crippen molar-refractivity contribution < 1.29 is 5.11 Å². The molecule has 5 rings (SSSR count). The Hall–Kier alpha value is -2.50. The van der Waals surface area contributed by atoms with Crippen LogP contribution in [0.1, 0.15) is 48.8 Å². The zero-order valence-corrected chi connectivity index (χ0v) is 21.4. The van der Waals surface area contributed by atoms with Gasteiger partial charge in [-0.15, -0.1) is 0 Å². The first-order valence-corrected chi connectivity index (χ1v) is 13.8. The second-order valence-corrected chi connectivity index (χ2v) is 10.7. The Morgan fingerprint density at radius 1 is 0.750 bits per heavy atom. The summed E-state index contributed by atoms with van der Waals surface area (Å²) in [5.41, 5.74) is 3.92. The second-order valence-electron chi connectivity index (χ2n) is 10.7. The SMILES string of the molecule is O[C@@H](CNC1CCCCC1)[C@@H]([C@@H]1CN1Cc1ccccc1)N(Cc1ccccc1)Cc1ccccc1. The number of nitrogens with one attached hydrogen (secondary N) is 1. The fourth-order valence-electron chi connectivity index (χ4n) is 5.88. The summed E-state index contributed by atoms with van der Waals surface area (Å²) in [6, 6.07) is 33.1. The van der Waals surface area contributed by atoms with Gasteiger partial charge in [0.15, 0.2) is 0 Å². The Bertz CT molecular complexity index is 982. The quantitative estimate of drug-likeness (QED) is 0.346. The van der Waals surface area contributed by atoms with Gasteiger partial charge in [0, 0.05) is 44.8 Å². The van der Waals surface area contributed by atoms with Crippen molar-refractivity contribution in [3.63, 3.8) is 0 Å². The van der Waals surface area contributed by atoms with Crippen LogP contribution in [0.3, 0.4) is 0 Å².